The average molecular weight is 480 g/mol. The molecule has 0 aromatic heterocycles. The maximum absolute atomic E-state index is 11.8. The molecule has 1 atom stereocenters. The summed E-state index contributed by atoms with van der Waals surface area (Å²) in [5, 5.41) is 11.9. The smallest absolute Gasteiger partial charge is 0.333 e. The van der Waals surface area contributed by atoms with Crippen LogP contribution in [0.2, 0.25) is 0 Å². The van der Waals surface area contributed by atoms with Crippen LogP contribution in [0.3, 0.4) is 0 Å². The van der Waals surface area contributed by atoms with Crippen LogP contribution in [0.25, 0.3) is 0 Å². The van der Waals surface area contributed by atoms with Gasteiger partial charge in [-0.05, 0) is 43.5 Å². The zero-order valence-electron chi connectivity index (χ0n) is 21.1. The van der Waals surface area contributed by atoms with Gasteiger partial charge in [0.05, 0.1) is 6.10 Å². The zero-order valence-corrected chi connectivity index (χ0v) is 21.1. The van der Waals surface area contributed by atoms with Crippen molar-refractivity contribution in [1.82, 2.24) is 16.2 Å². The van der Waals surface area contributed by atoms with Crippen molar-refractivity contribution in [3.8, 4) is 11.5 Å². The van der Waals surface area contributed by atoms with Crippen molar-refractivity contribution in [2.75, 3.05) is 19.8 Å². The molecule has 0 bridgehead atoms. The largest absolute Gasteiger partial charge is 0.508 e. The number of rotatable bonds is 19. The topological polar surface area (TPSA) is 109 Å². The molecule has 0 aliphatic rings. The number of ether oxygens (including phenoxy) is 2. The van der Waals surface area contributed by atoms with Gasteiger partial charge in [-0.15, -0.1) is 0 Å². The Morgan fingerprint density at radius 1 is 0.882 bits per heavy atom. The lowest BCUT2D eigenvalue weighted by molar-refractivity contribution is -0.123. The summed E-state index contributed by atoms with van der Waals surface area (Å²) in [6, 6.07) is 5.53. The van der Waals surface area contributed by atoms with E-state index in [9.17, 15) is 14.7 Å². The summed E-state index contributed by atoms with van der Waals surface area (Å²) in [5.41, 5.74) is 4.56. The SMILES string of the molecule is CCCCCCCCCCCC(CC)OCCCNC(=O)NNC(=O)COc1ccc(O)cc1. The number of hydrogen-bond donors (Lipinski definition) is 4. The van der Waals surface area contributed by atoms with Gasteiger partial charge < -0.3 is 19.9 Å². The minimum Gasteiger partial charge on any atom is -0.508 e. The van der Waals surface area contributed by atoms with E-state index >= 15 is 0 Å². The number of phenolic OH excluding ortho intramolecular Hbond substituents is 1. The van der Waals surface area contributed by atoms with Gasteiger partial charge >= 0.3 is 6.03 Å². The summed E-state index contributed by atoms with van der Waals surface area (Å²) >= 11 is 0. The van der Waals surface area contributed by atoms with Gasteiger partial charge in [-0.25, -0.2) is 10.2 Å². The lowest BCUT2D eigenvalue weighted by Crippen LogP contribution is -2.48. The van der Waals surface area contributed by atoms with E-state index in [2.05, 4.69) is 30.0 Å². The number of unbranched alkanes of at least 4 members (excludes halogenated alkanes) is 8. The molecule has 0 spiro atoms. The highest BCUT2D eigenvalue weighted by molar-refractivity contribution is 5.81. The van der Waals surface area contributed by atoms with Gasteiger partial charge in [0.2, 0.25) is 0 Å². The standard InChI is InChI=1S/C26H45N3O5/c1-3-5-6-7-8-9-10-11-12-14-23(4-2)33-20-13-19-27-26(32)29-28-25(31)21-34-24-17-15-22(30)16-18-24/h15-18,23,30H,3-14,19-21H2,1-2H3,(H,28,31)(H2,27,29,32). The second-order valence-electron chi connectivity index (χ2n) is 8.58. The van der Waals surface area contributed by atoms with Crippen LogP contribution in [0.1, 0.15) is 90.9 Å². The number of aromatic hydroxyl groups is 1. The third-order valence-corrected chi connectivity index (χ3v) is 5.57. The van der Waals surface area contributed by atoms with Gasteiger partial charge in [0.15, 0.2) is 6.61 Å². The van der Waals surface area contributed by atoms with E-state index in [4.69, 9.17) is 9.47 Å². The van der Waals surface area contributed by atoms with Gasteiger partial charge in [0.25, 0.3) is 5.91 Å². The van der Waals surface area contributed by atoms with E-state index in [1.165, 1.54) is 69.9 Å². The third-order valence-electron chi connectivity index (χ3n) is 5.57. The molecular weight excluding hydrogens is 434 g/mol. The Labute approximate surface area is 205 Å². The van der Waals surface area contributed by atoms with Gasteiger partial charge in [-0.3, -0.25) is 10.2 Å². The Bertz CT molecular complexity index is 654. The lowest BCUT2D eigenvalue weighted by atomic mass is 10.0. The van der Waals surface area contributed by atoms with E-state index in [-0.39, 0.29) is 18.5 Å². The molecule has 0 aliphatic carbocycles. The van der Waals surface area contributed by atoms with Crippen molar-refractivity contribution in [3.63, 3.8) is 0 Å². The first-order valence-corrected chi connectivity index (χ1v) is 12.9. The van der Waals surface area contributed by atoms with Crippen LogP contribution in [0, 0.1) is 0 Å². The number of hydrazine groups is 1. The number of benzene rings is 1. The molecular formula is C26H45N3O5. The second kappa shape index (κ2) is 19.9. The van der Waals surface area contributed by atoms with Gasteiger partial charge in [0.1, 0.15) is 11.5 Å². The normalized spacial score (nSPS) is 11.6. The van der Waals surface area contributed by atoms with Gasteiger partial charge in [-0.1, -0.05) is 71.6 Å². The number of nitrogens with one attached hydrogen (secondary N) is 3. The molecule has 4 N–H and O–H groups in total. The summed E-state index contributed by atoms with van der Waals surface area (Å²) in [6.45, 7) is 5.21. The molecule has 3 amide bonds. The van der Waals surface area contributed by atoms with Crippen LogP contribution in [0.4, 0.5) is 4.79 Å². The summed E-state index contributed by atoms with van der Waals surface area (Å²) < 4.78 is 11.2. The fourth-order valence-corrected chi connectivity index (χ4v) is 3.51. The Morgan fingerprint density at radius 3 is 2.18 bits per heavy atom. The molecule has 0 saturated heterocycles. The molecule has 0 radical (unpaired) electrons. The quantitative estimate of drug-likeness (QED) is 0.161. The van der Waals surface area contributed by atoms with Crippen molar-refractivity contribution in [2.45, 2.75) is 97.0 Å². The van der Waals surface area contributed by atoms with Crippen molar-refractivity contribution < 1.29 is 24.2 Å². The first kappa shape index (κ1) is 29.6. The monoisotopic (exact) mass is 479 g/mol. The highest BCUT2D eigenvalue weighted by Crippen LogP contribution is 2.16. The van der Waals surface area contributed by atoms with Gasteiger partial charge in [-0.2, -0.15) is 0 Å². The molecule has 0 heterocycles. The Morgan fingerprint density at radius 2 is 1.53 bits per heavy atom. The fraction of sp³-hybridized carbons (Fsp3) is 0.692. The number of carbonyl (C=O) groups excluding carboxylic acids is 2. The molecule has 194 valence electrons. The second-order valence-corrected chi connectivity index (χ2v) is 8.58. The predicted molar refractivity (Wildman–Crippen MR) is 135 cm³/mol. The predicted octanol–water partition coefficient (Wildman–Crippen LogP) is 5.21. The molecule has 8 nitrogen and oxygen atoms in total. The van der Waals surface area contributed by atoms with E-state index in [0.29, 0.717) is 25.3 Å². The van der Waals surface area contributed by atoms with Crippen LogP contribution in [0.15, 0.2) is 24.3 Å². The molecule has 0 aliphatic heterocycles. The van der Waals surface area contributed by atoms with Crippen molar-refractivity contribution >= 4 is 11.9 Å². The third kappa shape index (κ3) is 16.2. The molecule has 1 rings (SSSR count). The van der Waals surface area contributed by atoms with Crippen molar-refractivity contribution in [3.05, 3.63) is 24.3 Å². The Hall–Kier alpha value is -2.48. The maximum atomic E-state index is 11.8. The van der Waals surface area contributed by atoms with Crippen LogP contribution < -0.4 is 20.9 Å². The number of phenols is 1. The fourth-order valence-electron chi connectivity index (χ4n) is 3.51. The first-order chi connectivity index (χ1) is 16.5. The molecule has 0 fully saturated rings. The number of amides is 3. The van der Waals surface area contributed by atoms with Crippen LogP contribution in [-0.2, 0) is 9.53 Å². The maximum Gasteiger partial charge on any atom is 0.333 e. The van der Waals surface area contributed by atoms with E-state index in [1.54, 1.807) is 12.1 Å². The highest BCUT2D eigenvalue weighted by Gasteiger charge is 2.08. The van der Waals surface area contributed by atoms with E-state index in [1.807, 2.05) is 0 Å². The average Bonchev–Trinajstić information content (AvgIpc) is 2.84. The van der Waals surface area contributed by atoms with Crippen LogP contribution >= 0.6 is 0 Å². The minimum atomic E-state index is -0.492. The summed E-state index contributed by atoms with van der Waals surface area (Å²) in [6.07, 6.45) is 15.0. The van der Waals surface area contributed by atoms with E-state index in [0.717, 1.165) is 12.8 Å². The number of carbonyl (C=O) groups is 2. The van der Waals surface area contributed by atoms with Crippen molar-refractivity contribution in [2.24, 2.45) is 0 Å². The number of hydrogen-bond acceptors (Lipinski definition) is 5. The Balaban J connectivity index is 1.97. The molecule has 34 heavy (non-hydrogen) atoms. The molecule has 1 aromatic carbocycles. The van der Waals surface area contributed by atoms with Crippen molar-refractivity contribution in [1.29, 1.82) is 0 Å². The van der Waals surface area contributed by atoms with Crippen LogP contribution in [-0.4, -0.2) is 42.9 Å². The first-order valence-electron chi connectivity index (χ1n) is 12.9. The summed E-state index contributed by atoms with van der Waals surface area (Å²) in [7, 11) is 0. The highest BCUT2D eigenvalue weighted by atomic mass is 16.5. The molecule has 0 saturated carbocycles. The molecule has 1 unspecified atom stereocenters. The zero-order chi connectivity index (χ0) is 24.9. The Kier molecular flexibility index (Phi) is 17.3. The van der Waals surface area contributed by atoms with E-state index < -0.39 is 11.9 Å². The lowest BCUT2D eigenvalue weighted by Gasteiger charge is -2.16. The van der Waals surface area contributed by atoms with Gasteiger partial charge in [0, 0.05) is 13.2 Å². The number of urea groups is 1. The summed E-state index contributed by atoms with van der Waals surface area (Å²) in [5.74, 6) is 0.0685. The molecule has 1 aromatic rings. The minimum absolute atomic E-state index is 0.115. The molecule has 8 heteroatoms. The summed E-state index contributed by atoms with van der Waals surface area (Å²) in [4.78, 5) is 23.5. The van der Waals surface area contributed by atoms with Crippen LogP contribution in [0.5, 0.6) is 11.5 Å².